The lowest BCUT2D eigenvalue weighted by Gasteiger charge is -2.23. The molecule has 0 aromatic heterocycles. The second-order valence-electron chi connectivity index (χ2n) is 4.30. The molecule has 14 heavy (non-hydrogen) atoms. The number of nitrogens with zero attached hydrogens (tertiary/aromatic N) is 1. The molecule has 0 fully saturated rings. The van der Waals surface area contributed by atoms with E-state index in [1.54, 1.807) is 7.05 Å². The Labute approximate surface area is 93.6 Å². The maximum atomic E-state index is 9.34. The summed E-state index contributed by atoms with van der Waals surface area (Å²) >= 11 is 3.96. The molecule has 0 amide bonds. The van der Waals surface area contributed by atoms with Crippen molar-refractivity contribution in [3.8, 4) is 0 Å². The van der Waals surface area contributed by atoms with Crippen molar-refractivity contribution < 1.29 is 9.37 Å². The molecule has 0 aliphatic heterocycles. The highest BCUT2D eigenvalue weighted by atomic mass is 32.1. The topological polar surface area (TPSA) is 32.3 Å². The first kappa shape index (κ1) is 14.2. The van der Waals surface area contributed by atoms with Gasteiger partial charge in [0.25, 0.3) is 0 Å². The zero-order valence-electron chi connectivity index (χ0n) is 9.82. The van der Waals surface area contributed by atoms with E-state index in [-0.39, 0.29) is 0 Å². The lowest BCUT2D eigenvalue weighted by Crippen LogP contribution is -2.46. The molecule has 0 aromatic carbocycles. The molecule has 0 saturated carbocycles. The molecule has 3 nitrogen and oxygen atoms in total. The van der Waals surface area contributed by atoms with Crippen molar-refractivity contribution in [2.45, 2.75) is 40.0 Å². The molecule has 86 valence electrons. The molecule has 0 aromatic rings. The first-order chi connectivity index (χ1) is 6.39. The van der Waals surface area contributed by atoms with Crippen LogP contribution >= 0.6 is 12.8 Å². The quantitative estimate of drug-likeness (QED) is 0.351. The summed E-state index contributed by atoms with van der Waals surface area (Å²) in [6, 6.07) is 0. The molecule has 4 heteroatoms. The fourth-order valence-corrected chi connectivity index (χ4v) is 1.51. The van der Waals surface area contributed by atoms with Crippen LogP contribution < -0.4 is 5.43 Å². The van der Waals surface area contributed by atoms with Crippen LogP contribution in [0.25, 0.3) is 0 Å². The SMILES string of the molecule is CCC(C)CC(CC)CN[N+](C)(O)S. The van der Waals surface area contributed by atoms with E-state index in [1.807, 2.05) is 0 Å². The maximum Gasteiger partial charge on any atom is 0.130 e. The molecular weight excluding hydrogens is 196 g/mol. The zero-order chi connectivity index (χ0) is 11.2. The number of nitrogens with one attached hydrogen (secondary N) is 1. The standard InChI is InChI=1S/C10H25N2OS/c1-5-9(3)7-10(6-2)8-11-12(4,13)14/h9-11,13-14H,5-8H2,1-4H3/q+1. The number of thiol groups is 1. The van der Waals surface area contributed by atoms with Gasteiger partial charge in [-0.1, -0.05) is 37.8 Å². The molecule has 0 saturated heterocycles. The van der Waals surface area contributed by atoms with Gasteiger partial charge in [0.2, 0.25) is 0 Å². The van der Waals surface area contributed by atoms with E-state index in [4.69, 9.17) is 0 Å². The first-order valence-corrected chi connectivity index (χ1v) is 5.86. The Balaban J connectivity index is 3.80. The van der Waals surface area contributed by atoms with Crippen molar-refractivity contribution in [3.05, 3.63) is 0 Å². The summed E-state index contributed by atoms with van der Waals surface area (Å²) in [6.07, 6.45) is 3.58. The third-order valence-electron chi connectivity index (χ3n) is 2.69. The average molecular weight is 221 g/mol. The fraction of sp³-hybridized carbons (Fsp3) is 1.00. The molecule has 0 rings (SSSR count). The summed E-state index contributed by atoms with van der Waals surface area (Å²) in [6.45, 7) is 7.50. The number of hydrogen-bond acceptors (Lipinski definition) is 3. The summed E-state index contributed by atoms with van der Waals surface area (Å²) in [5.41, 5.74) is 2.96. The lowest BCUT2D eigenvalue weighted by molar-refractivity contribution is -1.01. The highest BCUT2D eigenvalue weighted by molar-refractivity contribution is 7.74. The van der Waals surface area contributed by atoms with Crippen molar-refractivity contribution in [3.63, 3.8) is 0 Å². The Hall–Kier alpha value is 0.230. The molecule has 2 N–H and O–H groups in total. The van der Waals surface area contributed by atoms with Crippen LogP contribution in [0.15, 0.2) is 0 Å². The van der Waals surface area contributed by atoms with Gasteiger partial charge in [-0.2, -0.15) is 5.21 Å². The molecule has 0 bridgehead atoms. The van der Waals surface area contributed by atoms with Gasteiger partial charge < -0.3 is 0 Å². The van der Waals surface area contributed by atoms with Gasteiger partial charge in [0.15, 0.2) is 0 Å². The molecule has 0 aliphatic carbocycles. The minimum absolute atomic E-state index is 0.447. The van der Waals surface area contributed by atoms with Gasteiger partial charge in [-0.05, 0) is 18.3 Å². The van der Waals surface area contributed by atoms with Crippen molar-refractivity contribution in [2.75, 3.05) is 13.6 Å². The molecule has 0 heterocycles. The Bertz CT molecular complexity index is 148. The average Bonchev–Trinajstić information content (AvgIpc) is 2.10. The molecule has 0 radical (unpaired) electrons. The summed E-state index contributed by atoms with van der Waals surface area (Å²) in [5.74, 6) is 1.39. The van der Waals surface area contributed by atoms with Crippen molar-refractivity contribution >= 4 is 12.8 Å². The third kappa shape index (κ3) is 7.62. The van der Waals surface area contributed by atoms with Crippen molar-refractivity contribution in [1.29, 1.82) is 0 Å². The van der Waals surface area contributed by atoms with E-state index >= 15 is 0 Å². The second kappa shape index (κ2) is 6.67. The van der Waals surface area contributed by atoms with Crippen LogP contribution in [0, 0.1) is 11.8 Å². The fourth-order valence-electron chi connectivity index (χ4n) is 1.43. The minimum atomic E-state index is -0.447. The number of quaternary nitrogens is 1. The van der Waals surface area contributed by atoms with Gasteiger partial charge in [-0.3, -0.25) is 0 Å². The summed E-state index contributed by atoms with van der Waals surface area (Å²) in [7, 11) is 1.60. The van der Waals surface area contributed by atoms with E-state index in [0.29, 0.717) is 5.92 Å². The van der Waals surface area contributed by atoms with Gasteiger partial charge in [-0.15, -0.1) is 5.43 Å². The normalized spacial score (nSPS) is 20.1. The summed E-state index contributed by atoms with van der Waals surface area (Å²) in [4.78, 5) is 0. The third-order valence-corrected chi connectivity index (χ3v) is 2.83. The second-order valence-corrected chi connectivity index (χ2v) is 5.08. The van der Waals surface area contributed by atoms with Crippen LogP contribution in [-0.2, 0) is 0 Å². The van der Waals surface area contributed by atoms with Gasteiger partial charge in [0, 0.05) is 0 Å². The predicted octanol–water partition coefficient (Wildman–Crippen LogP) is 2.63. The Morgan fingerprint density at radius 3 is 2.29 bits per heavy atom. The highest BCUT2D eigenvalue weighted by Gasteiger charge is 2.17. The van der Waals surface area contributed by atoms with Crippen molar-refractivity contribution in [2.24, 2.45) is 11.8 Å². The molecule has 3 unspecified atom stereocenters. The highest BCUT2D eigenvalue weighted by Crippen LogP contribution is 2.17. The monoisotopic (exact) mass is 221 g/mol. The smallest absolute Gasteiger partial charge is 0.130 e. The largest absolute Gasteiger partial charge is 0.184 e. The van der Waals surface area contributed by atoms with Crippen molar-refractivity contribution in [1.82, 2.24) is 5.43 Å². The summed E-state index contributed by atoms with van der Waals surface area (Å²) in [5, 5.41) is 9.34. The zero-order valence-corrected chi connectivity index (χ0v) is 10.7. The van der Waals surface area contributed by atoms with E-state index in [0.717, 1.165) is 18.9 Å². The minimum Gasteiger partial charge on any atom is -0.184 e. The number of rotatable bonds is 7. The Kier molecular flexibility index (Phi) is 6.78. The first-order valence-electron chi connectivity index (χ1n) is 5.46. The van der Waals surface area contributed by atoms with Crippen LogP contribution in [0.2, 0.25) is 0 Å². The number of hydroxylamine groups is 1. The Morgan fingerprint density at radius 2 is 1.93 bits per heavy atom. The van der Waals surface area contributed by atoms with E-state index in [1.165, 1.54) is 12.8 Å². The molecule has 0 aliphatic rings. The van der Waals surface area contributed by atoms with Crippen LogP contribution in [0.4, 0.5) is 0 Å². The molecular formula is C10H25N2OS+. The number of hydrogen-bond donors (Lipinski definition) is 3. The molecule has 3 atom stereocenters. The van der Waals surface area contributed by atoms with Crippen LogP contribution in [0.3, 0.4) is 0 Å². The van der Waals surface area contributed by atoms with Gasteiger partial charge in [0.05, 0.1) is 6.54 Å². The Morgan fingerprint density at radius 1 is 1.36 bits per heavy atom. The molecule has 0 spiro atoms. The van der Waals surface area contributed by atoms with Crippen LogP contribution in [0.1, 0.15) is 40.0 Å². The van der Waals surface area contributed by atoms with Crippen LogP contribution in [-0.4, -0.2) is 23.0 Å². The predicted molar refractivity (Wildman–Crippen MR) is 62.8 cm³/mol. The van der Waals surface area contributed by atoms with E-state index < -0.39 is 4.16 Å². The van der Waals surface area contributed by atoms with E-state index in [9.17, 15) is 5.21 Å². The van der Waals surface area contributed by atoms with Gasteiger partial charge >= 0.3 is 0 Å². The lowest BCUT2D eigenvalue weighted by atomic mass is 9.92. The van der Waals surface area contributed by atoms with Crippen LogP contribution in [0.5, 0.6) is 0 Å². The van der Waals surface area contributed by atoms with Gasteiger partial charge in [-0.25, -0.2) is 0 Å². The van der Waals surface area contributed by atoms with E-state index in [2.05, 4.69) is 39.0 Å². The van der Waals surface area contributed by atoms with Gasteiger partial charge in [0.1, 0.15) is 19.9 Å². The summed E-state index contributed by atoms with van der Waals surface area (Å²) < 4.78 is -0.447. The maximum absolute atomic E-state index is 9.34.